The topological polar surface area (TPSA) is 79.5 Å². The van der Waals surface area contributed by atoms with Crippen LogP contribution in [0.1, 0.15) is 21.2 Å². The van der Waals surface area contributed by atoms with Crippen molar-refractivity contribution in [2.75, 3.05) is 11.9 Å². The second-order valence-electron chi connectivity index (χ2n) is 3.53. The highest BCUT2D eigenvalue weighted by molar-refractivity contribution is 7.09. The van der Waals surface area contributed by atoms with Crippen molar-refractivity contribution in [3.63, 3.8) is 0 Å². The monoisotopic (exact) mass is 253 g/mol. The van der Waals surface area contributed by atoms with Crippen LogP contribution >= 0.6 is 11.3 Å². The summed E-state index contributed by atoms with van der Waals surface area (Å²) >= 11 is 1.57. The molecule has 0 aliphatic heterocycles. The van der Waals surface area contributed by atoms with Crippen LogP contribution in [0, 0.1) is 6.92 Å². The number of hydrogen-bond acceptors (Lipinski definition) is 6. The van der Waals surface area contributed by atoms with Gasteiger partial charge < -0.3 is 14.4 Å². The molecule has 0 unspecified atom stereocenters. The molecule has 2 aromatic rings. The summed E-state index contributed by atoms with van der Waals surface area (Å²) < 4.78 is 5.08. The lowest BCUT2D eigenvalue weighted by atomic mass is 10.4. The largest absolute Gasteiger partial charge is 0.476 e. The van der Waals surface area contributed by atoms with Crippen LogP contribution < -0.4 is 4.90 Å². The number of carboxylic acid groups (broad SMARTS) is 1. The number of nitrogens with zero attached hydrogens (tertiary/aromatic N) is 3. The molecule has 0 saturated heterocycles. The van der Waals surface area contributed by atoms with Gasteiger partial charge in [-0.15, -0.1) is 11.3 Å². The Kier molecular flexibility index (Phi) is 3.10. The first-order valence-electron chi connectivity index (χ1n) is 4.87. The van der Waals surface area contributed by atoms with E-state index in [-0.39, 0.29) is 11.7 Å². The van der Waals surface area contributed by atoms with Crippen LogP contribution in [0.2, 0.25) is 0 Å². The molecule has 90 valence electrons. The van der Waals surface area contributed by atoms with Gasteiger partial charge in [-0.05, 0) is 6.92 Å². The lowest BCUT2D eigenvalue weighted by molar-refractivity contribution is 0.0690. The van der Waals surface area contributed by atoms with Crippen molar-refractivity contribution in [3.05, 3.63) is 28.0 Å². The normalized spacial score (nSPS) is 10.5. The minimum Gasteiger partial charge on any atom is -0.476 e. The molecule has 0 aliphatic carbocycles. The van der Waals surface area contributed by atoms with Crippen molar-refractivity contribution < 1.29 is 14.3 Å². The van der Waals surface area contributed by atoms with E-state index >= 15 is 0 Å². The zero-order valence-electron chi connectivity index (χ0n) is 9.38. The molecule has 0 amide bonds. The number of oxazole rings is 1. The lowest BCUT2D eigenvalue weighted by Crippen LogP contribution is -2.17. The number of thiazole rings is 1. The Morgan fingerprint density at radius 1 is 1.59 bits per heavy atom. The molecule has 2 aromatic heterocycles. The number of carboxylic acids is 1. The average Bonchev–Trinajstić information content (AvgIpc) is 2.86. The Hall–Kier alpha value is -1.89. The average molecular weight is 253 g/mol. The van der Waals surface area contributed by atoms with E-state index in [0.717, 1.165) is 17.0 Å². The van der Waals surface area contributed by atoms with Gasteiger partial charge in [0.2, 0.25) is 0 Å². The summed E-state index contributed by atoms with van der Waals surface area (Å²) in [6, 6.07) is 0.271. The second kappa shape index (κ2) is 4.54. The third-order valence-corrected chi connectivity index (χ3v) is 2.93. The molecule has 2 heterocycles. The Morgan fingerprint density at radius 2 is 2.35 bits per heavy atom. The smallest absolute Gasteiger partial charge is 0.357 e. The second-order valence-corrected chi connectivity index (χ2v) is 4.60. The van der Waals surface area contributed by atoms with Gasteiger partial charge in [-0.2, -0.15) is 4.98 Å². The highest BCUT2D eigenvalue weighted by atomic mass is 32.1. The molecule has 0 aliphatic rings. The molecule has 7 heteroatoms. The highest BCUT2D eigenvalue weighted by Gasteiger charge is 2.14. The zero-order valence-corrected chi connectivity index (χ0v) is 10.2. The van der Waals surface area contributed by atoms with Gasteiger partial charge >= 0.3 is 5.97 Å². The third-order valence-electron chi connectivity index (χ3n) is 2.10. The third kappa shape index (κ3) is 2.62. The molecule has 0 atom stereocenters. The van der Waals surface area contributed by atoms with Gasteiger partial charge in [0.15, 0.2) is 5.69 Å². The summed E-state index contributed by atoms with van der Waals surface area (Å²) in [6.45, 7) is 2.46. The predicted molar refractivity (Wildman–Crippen MR) is 62.4 cm³/mol. The van der Waals surface area contributed by atoms with Crippen molar-refractivity contribution in [3.8, 4) is 0 Å². The van der Waals surface area contributed by atoms with Gasteiger partial charge in [0.05, 0.1) is 17.2 Å². The first-order valence-corrected chi connectivity index (χ1v) is 5.75. The molecule has 0 saturated carbocycles. The van der Waals surface area contributed by atoms with Crippen LogP contribution in [0.4, 0.5) is 6.01 Å². The maximum Gasteiger partial charge on any atom is 0.357 e. The summed E-state index contributed by atoms with van der Waals surface area (Å²) in [5.74, 6) is -1.10. The molecule has 1 N–H and O–H groups in total. The van der Waals surface area contributed by atoms with Gasteiger partial charge in [0.1, 0.15) is 6.26 Å². The fraction of sp³-hybridized carbons (Fsp3) is 0.300. The first-order chi connectivity index (χ1) is 8.06. The van der Waals surface area contributed by atoms with Crippen LogP contribution in [-0.2, 0) is 6.54 Å². The summed E-state index contributed by atoms with van der Waals surface area (Å²) in [6.07, 6.45) is 1.13. The number of aryl methyl sites for hydroxylation is 1. The molecule has 0 radical (unpaired) electrons. The van der Waals surface area contributed by atoms with Crippen LogP contribution in [-0.4, -0.2) is 28.1 Å². The summed E-state index contributed by atoms with van der Waals surface area (Å²) in [5.41, 5.74) is 0.811. The summed E-state index contributed by atoms with van der Waals surface area (Å²) in [4.78, 5) is 20.5. The number of carbonyl (C=O) groups is 1. The van der Waals surface area contributed by atoms with Gasteiger partial charge in [0.25, 0.3) is 6.01 Å². The van der Waals surface area contributed by atoms with Gasteiger partial charge in [-0.1, -0.05) is 0 Å². The van der Waals surface area contributed by atoms with Crippen LogP contribution in [0.15, 0.2) is 16.1 Å². The number of aromatic carboxylic acids is 1. The maximum absolute atomic E-state index is 10.6. The van der Waals surface area contributed by atoms with Crippen LogP contribution in [0.3, 0.4) is 0 Å². The number of anilines is 1. The van der Waals surface area contributed by atoms with Crippen molar-refractivity contribution in [1.82, 2.24) is 9.97 Å². The fourth-order valence-corrected chi connectivity index (χ4v) is 1.93. The maximum atomic E-state index is 10.6. The Balaban J connectivity index is 2.08. The van der Waals surface area contributed by atoms with E-state index < -0.39 is 5.97 Å². The van der Waals surface area contributed by atoms with Crippen molar-refractivity contribution in [2.24, 2.45) is 0 Å². The van der Waals surface area contributed by atoms with Crippen molar-refractivity contribution in [2.45, 2.75) is 13.5 Å². The molecule has 2 rings (SSSR count). The molecule has 6 nitrogen and oxygen atoms in total. The van der Waals surface area contributed by atoms with E-state index in [0.29, 0.717) is 6.54 Å². The van der Waals surface area contributed by atoms with Crippen LogP contribution in [0.5, 0.6) is 0 Å². The Labute approximate surface area is 102 Å². The minimum absolute atomic E-state index is 0.0960. The first kappa shape index (κ1) is 11.6. The minimum atomic E-state index is -1.10. The molecular formula is C10H11N3O3S. The molecule has 0 bridgehead atoms. The van der Waals surface area contributed by atoms with E-state index in [9.17, 15) is 4.79 Å². The quantitative estimate of drug-likeness (QED) is 0.894. The fourth-order valence-electron chi connectivity index (χ4n) is 1.33. The Morgan fingerprint density at radius 3 is 2.88 bits per heavy atom. The van der Waals surface area contributed by atoms with E-state index in [1.54, 1.807) is 23.3 Å². The van der Waals surface area contributed by atoms with E-state index in [1.807, 2.05) is 12.3 Å². The van der Waals surface area contributed by atoms with Crippen molar-refractivity contribution >= 4 is 23.3 Å². The van der Waals surface area contributed by atoms with Gasteiger partial charge in [-0.25, -0.2) is 9.78 Å². The number of rotatable bonds is 4. The van der Waals surface area contributed by atoms with Gasteiger partial charge in [-0.3, -0.25) is 0 Å². The predicted octanol–water partition coefficient (Wildman–Crippen LogP) is 1.77. The SMILES string of the molecule is Cc1nc(CN(C)c2nc(C(=O)O)co2)cs1. The summed E-state index contributed by atoms with van der Waals surface area (Å²) in [5, 5.41) is 11.7. The number of aromatic nitrogens is 2. The molecule has 0 aromatic carbocycles. The van der Waals surface area contributed by atoms with E-state index in [4.69, 9.17) is 9.52 Å². The molecule has 0 spiro atoms. The Bertz CT molecular complexity index is 534. The van der Waals surface area contributed by atoms with Gasteiger partial charge in [0, 0.05) is 12.4 Å². The zero-order chi connectivity index (χ0) is 12.4. The molecule has 17 heavy (non-hydrogen) atoms. The van der Waals surface area contributed by atoms with E-state index in [2.05, 4.69) is 9.97 Å². The standard InChI is InChI=1S/C10H11N3O3S/c1-6-11-7(5-17-6)3-13(2)10-12-8(4-16-10)9(14)15/h4-5H,3H2,1-2H3,(H,14,15). The number of hydrogen-bond donors (Lipinski definition) is 1. The van der Waals surface area contributed by atoms with E-state index in [1.165, 1.54) is 0 Å². The van der Waals surface area contributed by atoms with Crippen LogP contribution in [0.25, 0.3) is 0 Å². The highest BCUT2D eigenvalue weighted by Crippen LogP contribution is 2.16. The summed E-state index contributed by atoms with van der Waals surface area (Å²) in [7, 11) is 1.77. The van der Waals surface area contributed by atoms with Crippen molar-refractivity contribution in [1.29, 1.82) is 0 Å². The molecular weight excluding hydrogens is 242 g/mol. The lowest BCUT2D eigenvalue weighted by Gasteiger charge is -2.11. The molecule has 0 fully saturated rings.